The smallest absolute Gasteiger partial charge is 0.306 e. The quantitative estimate of drug-likeness (QED) is 0.735. The zero-order valence-electron chi connectivity index (χ0n) is 7.40. The van der Waals surface area contributed by atoms with Crippen LogP contribution >= 0.6 is 0 Å². The SMILES string of the molecule is CNC(c1cccc(F)c1)C(F)(F)F. The summed E-state index contributed by atoms with van der Waals surface area (Å²) in [6, 6.07) is 2.64. The van der Waals surface area contributed by atoms with E-state index in [0.29, 0.717) is 0 Å². The third-order valence-electron chi connectivity index (χ3n) is 1.80. The van der Waals surface area contributed by atoms with E-state index in [1.165, 1.54) is 19.2 Å². The second-order valence-corrected chi connectivity index (χ2v) is 2.82. The lowest BCUT2D eigenvalue weighted by Gasteiger charge is -2.19. The Morgan fingerprint density at radius 2 is 1.93 bits per heavy atom. The van der Waals surface area contributed by atoms with Crippen LogP contribution in [0.5, 0.6) is 0 Å². The molecule has 0 saturated heterocycles. The summed E-state index contributed by atoms with van der Waals surface area (Å²) in [6.45, 7) is 0. The highest BCUT2D eigenvalue weighted by atomic mass is 19.4. The van der Waals surface area contributed by atoms with E-state index >= 15 is 0 Å². The van der Waals surface area contributed by atoms with E-state index in [9.17, 15) is 17.6 Å². The minimum absolute atomic E-state index is 0.125. The lowest BCUT2D eigenvalue weighted by Crippen LogP contribution is -2.31. The van der Waals surface area contributed by atoms with Crippen LogP contribution in [0.2, 0.25) is 0 Å². The average molecular weight is 207 g/mol. The van der Waals surface area contributed by atoms with Gasteiger partial charge in [-0.25, -0.2) is 4.39 Å². The normalized spacial score (nSPS) is 14.1. The summed E-state index contributed by atoms with van der Waals surface area (Å²) in [6.07, 6.45) is -4.41. The van der Waals surface area contributed by atoms with Gasteiger partial charge in [0.15, 0.2) is 0 Å². The van der Waals surface area contributed by atoms with Crippen LogP contribution in [-0.4, -0.2) is 13.2 Å². The van der Waals surface area contributed by atoms with Crippen molar-refractivity contribution in [3.8, 4) is 0 Å². The van der Waals surface area contributed by atoms with Crippen LogP contribution in [0, 0.1) is 5.82 Å². The zero-order valence-corrected chi connectivity index (χ0v) is 7.40. The van der Waals surface area contributed by atoms with Gasteiger partial charge in [-0.15, -0.1) is 0 Å². The fourth-order valence-electron chi connectivity index (χ4n) is 1.21. The molecule has 0 aliphatic rings. The van der Waals surface area contributed by atoms with Gasteiger partial charge in [0.2, 0.25) is 0 Å². The topological polar surface area (TPSA) is 12.0 Å². The van der Waals surface area contributed by atoms with Gasteiger partial charge in [0.05, 0.1) is 0 Å². The molecule has 0 fully saturated rings. The summed E-state index contributed by atoms with van der Waals surface area (Å²) in [5.41, 5.74) is -0.125. The predicted octanol–water partition coefficient (Wildman–Crippen LogP) is 2.65. The van der Waals surface area contributed by atoms with Gasteiger partial charge < -0.3 is 5.32 Å². The molecule has 5 heteroatoms. The zero-order chi connectivity index (χ0) is 10.8. The van der Waals surface area contributed by atoms with Crippen LogP contribution in [0.3, 0.4) is 0 Å². The first-order chi connectivity index (χ1) is 6.45. The Morgan fingerprint density at radius 1 is 1.29 bits per heavy atom. The molecule has 0 aliphatic heterocycles. The predicted molar refractivity (Wildman–Crippen MR) is 44.3 cm³/mol. The minimum Gasteiger partial charge on any atom is -0.306 e. The van der Waals surface area contributed by atoms with Gasteiger partial charge in [-0.05, 0) is 24.7 Å². The molecule has 14 heavy (non-hydrogen) atoms. The molecule has 0 bridgehead atoms. The van der Waals surface area contributed by atoms with Crippen molar-refractivity contribution in [1.29, 1.82) is 0 Å². The fourth-order valence-corrected chi connectivity index (χ4v) is 1.21. The number of hydrogen-bond acceptors (Lipinski definition) is 1. The highest BCUT2D eigenvalue weighted by Crippen LogP contribution is 2.32. The van der Waals surface area contributed by atoms with Crippen LogP contribution in [-0.2, 0) is 0 Å². The van der Waals surface area contributed by atoms with Crippen LogP contribution in [0.4, 0.5) is 17.6 Å². The van der Waals surface area contributed by atoms with Crippen molar-refractivity contribution in [3.63, 3.8) is 0 Å². The van der Waals surface area contributed by atoms with Gasteiger partial charge in [-0.1, -0.05) is 12.1 Å². The monoisotopic (exact) mass is 207 g/mol. The van der Waals surface area contributed by atoms with Crippen LogP contribution in [0.25, 0.3) is 0 Å². The summed E-state index contributed by atoms with van der Waals surface area (Å²) >= 11 is 0. The van der Waals surface area contributed by atoms with E-state index < -0.39 is 18.0 Å². The number of rotatable bonds is 2. The van der Waals surface area contributed by atoms with Crippen molar-refractivity contribution >= 4 is 0 Å². The minimum atomic E-state index is -4.41. The van der Waals surface area contributed by atoms with Crippen molar-refractivity contribution in [2.45, 2.75) is 12.2 Å². The standard InChI is InChI=1S/C9H9F4N/c1-14-8(9(11,12)13)6-3-2-4-7(10)5-6/h2-5,8,14H,1H3. The van der Waals surface area contributed by atoms with Gasteiger partial charge in [0.1, 0.15) is 11.9 Å². The molecule has 1 nitrogen and oxygen atoms in total. The Kier molecular flexibility index (Phi) is 3.10. The van der Waals surface area contributed by atoms with E-state index in [2.05, 4.69) is 5.32 Å². The van der Waals surface area contributed by atoms with Crippen molar-refractivity contribution in [1.82, 2.24) is 5.32 Å². The second kappa shape index (κ2) is 3.96. The molecular weight excluding hydrogens is 198 g/mol. The molecule has 0 aromatic heterocycles. The van der Waals surface area contributed by atoms with E-state index in [-0.39, 0.29) is 5.56 Å². The molecule has 0 heterocycles. The molecule has 0 aliphatic carbocycles. The van der Waals surface area contributed by atoms with Gasteiger partial charge in [0, 0.05) is 0 Å². The Bertz CT molecular complexity index is 308. The highest BCUT2D eigenvalue weighted by Gasteiger charge is 2.39. The maximum absolute atomic E-state index is 12.7. The van der Waals surface area contributed by atoms with E-state index in [4.69, 9.17) is 0 Å². The third-order valence-corrected chi connectivity index (χ3v) is 1.80. The van der Waals surface area contributed by atoms with Crippen LogP contribution in [0.1, 0.15) is 11.6 Å². The maximum Gasteiger partial charge on any atom is 0.407 e. The van der Waals surface area contributed by atoms with Crippen molar-refractivity contribution in [2.75, 3.05) is 7.05 Å². The summed E-state index contributed by atoms with van der Waals surface area (Å²) < 4.78 is 49.7. The molecule has 0 amide bonds. The summed E-state index contributed by atoms with van der Waals surface area (Å²) in [5.74, 6) is -0.674. The number of alkyl halides is 3. The Balaban J connectivity index is 3.01. The lowest BCUT2D eigenvalue weighted by molar-refractivity contribution is -0.156. The third kappa shape index (κ3) is 2.45. The first-order valence-corrected chi connectivity index (χ1v) is 3.94. The first kappa shape index (κ1) is 11.0. The number of halogens is 4. The molecule has 1 rings (SSSR count). The maximum atomic E-state index is 12.7. The Labute approximate surface area is 78.7 Å². The fraction of sp³-hybridized carbons (Fsp3) is 0.333. The molecule has 0 radical (unpaired) electrons. The molecule has 78 valence electrons. The Morgan fingerprint density at radius 3 is 2.36 bits per heavy atom. The molecule has 1 N–H and O–H groups in total. The average Bonchev–Trinajstić information content (AvgIpc) is 2.02. The summed E-state index contributed by atoms with van der Waals surface area (Å²) in [5, 5.41) is 2.09. The van der Waals surface area contributed by atoms with Crippen molar-refractivity contribution in [2.24, 2.45) is 0 Å². The van der Waals surface area contributed by atoms with E-state index in [0.717, 1.165) is 12.1 Å². The number of benzene rings is 1. The van der Waals surface area contributed by atoms with Gasteiger partial charge >= 0.3 is 6.18 Å². The molecule has 1 aromatic rings. The summed E-state index contributed by atoms with van der Waals surface area (Å²) in [4.78, 5) is 0. The number of nitrogens with one attached hydrogen (secondary N) is 1. The number of hydrogen-bond donors (Lipinski definition) is 1. The first-order valence-electron chi connectivity index (χ1n) is 3.94. The van der Waals surface area contributed by atoms with Gasteiger partial charge in [-0.2, -0.15) is 13.2 Å². The van der Waals surface area contributed by atoms with E-state index in [1.54, 1.807) is 0 Å². The molecule has 1 atom stereocenters. The van der Waals surface area contributed by atoms with Crippen molar-refractivity contribution < 1.29 is 17.6 Å². The second-order valence-electron chi connectivity index (χ2n) is 2.82. The van der Waals surface area contributed by atoms with Crippen LogP contribution in [0.15, 0.2) is 24.3 Å². The lowest BCUT2D eigenvalue weighted by atomic mass is 10.1. The largest absolute Gasteiger partial charge is 0.407 e. The van der Waals surface area contributed by atoms with Gasteiger partial charge in [0.25, 0.3) is 0 Å². The van der Waals surface area contributed by atoms with Gasteiger partial charge in [-0.3, -0.25) is 0 Å². The molecular formula is C9H9F4N. The van der Waals surface area contributed by atoms with E-state index in [1.807, 2.05) is 0 Å². The van der Waals surface area contributed by atoms with Crippen LogP contribution < -0.4 is 5.32 Å². The van der Waals surface area contributed by atoms with Crippen molar-refractivity contribution in [3.05, 3.63) is 35.6 Å². The Hall–Kier alpha value is -1.10. The summed E-state index contributed by atoms with van der Waals surface area (Å²) in [7, 11) is 1.18. The molecule has 0 saturated carbocycles. The molecule has 1 aromatic carbocycles. The molecule has 1 unspecified atom stereocenters. The molecule has 0 spiro atoms. The highest BCUT2D eigenvalue weighted by molar-refractivity contribution is 5.21.